The zero-order chi connectivity index (χ0) is 18.7. The first-order chi connectivity index (χ1) is 12.7. The number of aryl methyl sites for hydroxylation is 1. The van der Waals surface area contributed by atoms with E-state index in [1.54, 1.807) is 14.2 Å². The van der Waals surface area contributed by atoms with Crippen molar-refractivity contribution in [1.82, 2.24) is 10.6 Å². The monoisotopic (exact) mass is 489 g/mol. The van der Waals surface area contributed by atoms with Gasteiger partial charge in [-0.05, 0) is 55.2 Å². The summed E-state index contributed by atoms with van der Waals surface area (Å²) in [5.41, 5.74) is 1.71. The van der Waals surface area contributed by atoms with Crippen LogP contribution in [0.2, 0.25) is 0 Å². The molecule has 0 unspecified atom stereocenters. The molecule has 5 nitrogen and oxygen atoms in total. The molecule has 1 aliphatic rings. The number of guanidine groups is 1. The molecule has 0 heterocycles. The summed E-state index contributed by atoms with van der Waals surface area (Å²) in [4.78, 5) is 4.37. The Morgan fingerprint density at radius 3 is 2.41 bits per heavy atom. The lowest BCUT2D eigenvalue weighted by atomic mass is 9.83. The topological polar surface area (TPSA) is 54.9 Å². The first kappa shape index (κ1) is 24.0. The Bertz CT molecular complexity index is 543. The molecule has 6 heteroatoms. The maximum atomic E-state index is 5.32. The van der Waals surface area contributed by atoms with Gasteiger partial charge < -0.3 is 20.1 Å². The second-order valence-electron chi connectivity index (χ2n) is 7.25. The van der Waals surface area contributed by atoms with E-state index in [-0.39, 0.29) is 24.0 Å². The predicted octanol–water partition coefficient (Wildman–Crippen LogP) is 4.01. The van der Waals surface area contributed by atoms with Gasteiger partial charge in [-0.3, -0.25) is 4.99 Å². The van der Waals surface area contributed by atoms with E-state index >= 15 is 0 Å². The van der Waals surface area contributed by atoms with E-state index in [1.165, 1.54) is 31.2 Å². The largest absolute Gasteiger partial charge is 0.497 e. The van der Waals surface area contributed by atoms with Crippen LogP contribution in [0.15, 0.2) is 29.3 Å². The average Bonchev–Trinajstić information content (AvgIpc) is 3.15. The molecular weight excluding hydrogens is 453 g/mol. The Kier molecular flexibility index (Phi) is 11.7. The SMILES string of the molecule is CN=C(NCCCc1ccc(OC)cc1)NCC1(CCOC)CCCC1.I. The van der Waals surface area contributed by atoms with E-state index in [9.17, 15) is 0 Å². The Labute approximate surface area is 181 Å². The molecule has 0 aromatic heterocycles. The lowest BCUT2D eigenvalue weighted by Gasteiger charge is -2.30. The molecule has 0 atom stereocenters. The number of benzene rings is 1. The Morgan fingerprint density at radius 2 is 1.81 bits per heavy atom. The summed E-state index contributed by atoms with van der Waals surface area (Å²) in [7, 11) is 5.33. The quantitative estimate of drug-likeness (QED) is 0.226. The van der Waals surface area contributed by atoms with Gasteiger partial charge in [0.15, 0.2) is 5.96 Å². The van der Waals surface area contributed by atoms with E-state index in [0.29, 0.717) is 5.41 Å². The summed E-state index contributed by atoms with van der Waals surface area (Å²) < 4.78 is 10.5. The highest BCUT2D eigenvalue weighted by molar-refractivity contribution is 14.0. The first-order valence-electron chi connectivity index (χ1n) is 9.78. The Hall–Kier alpha value is -1.02. The fraction of sp³-hybridized carbons (Fsp3) is 0.667. The molecule has 2 rings (SSSR count). The normalized spacial score (nSPS) is 15.9. The molecule has 1 aromatic carbocycles. The average molecular weight is 489 g/mol. The van der Waals surface area contributed by atoms with Crippen LogP contribution in [-0.4, -0.2) is 46.9 Å². The number of aliphatic imine (C=N–C) groups is 1. The van der Waals surface area contributed by atoms with Crippen molar-refractivity contribution in [2.75, 3.05) is 41.0 Å². The zero-order valence-corrected chi connectivity index (χ0v) is 19.4. The van der Waals surface area contributed by atoms with Crippen molar-refractivity contribution >= 4 is 29.9 Å². The van der Waals surface area contributed by atoms with Gasteiger partial charge >= 0.3 is 0 Å². The summed E-state index contributed by atoms with van der Waals surface area (Å²) in [6.45, 7) is 2.74. The molecule has 0 radical (unpaired) electrons. The molecule has 0 spiro atoms. The number of ether oxygens (including phenoxy) is 2. The minimum absolute atomic E-state index is 0. The van der Waals surface area contributed by atoms with Gasteiger partial charge in [0, 0.05) is 33.9 Å². The third-order valence-electron chi connectivity index (χ3n) is 5.45. The van der Waals surface area contributed by atoms with Crippen LogP contribution in [0.3, 0.4) is 0 Å². The van der Waals surface area contributed by atoms with Crippen molar-refractivity contribution in [3.63, 3.8) is 0 Å². The van der Waals surface area contributed by atoms with E-state index in [1.807, 2.05) is 19.2 Å². The maximum absolute atomic E-state index is 5.32. The van der Waals surface area contributed by atoms with Crippen LogP contribution in [0, 0.1) is 5.41 Å². The van der Waals surface area contributed by atoms with Gasteiger partial charge in [-0.25, -0.2) is 0 Å². The highest BCUT2D eigenvalue weighted by Crippen LogP contribution is 2.40. The Morgan fingerprint density at radius 1 is 1.11 bits per heavy atom. The van der Waals surface area contributed by atoms with E-state index in [0.717, 1.165) is 50.7 Å². The van der Waals surface area contributed by atoms with Crippen molar-refractivity contribution in [3.8, 4) is 5.75 Å². The van der Waals surface area contributed by atoms with Crippen LogP contribution in [0.4, 0.5) is 0 Å². The number of nitrogens with zero attached hydrogens (tertiary/aromatic N) is 1. The fourth-order valence-corrected chi connectivity index (χ4v) is 3.74. The van der Waals surface area contributed by atoms with Gasteiger partial charge in [0.05, 0.1) is 7.11 Å². The van der Waals surface area contributed by atoms with Crippen LogP contribution in [0.5, 0.6) is 5.75 Å². The first-order valence-corrected chi connectivity index (χ1v) is 9.78. The van der Waals surface area contributed by atoms with Crippen molar-refractivity contribution in [3.05, 3.63) is 29.8 Å². The van der Waals surface area contributed by atoms with Gasteiger partial charge in [0.25, 0.3) is 0 Å². The lowest BCUT2D eigenvalue weighted by molar-refractivity contribution is 0.138. The van der Waals surface area contributed by atoms with Gasteiger partial charge in [-0.15, -0.1) is 24.0 Å². The van der Waals surface area contributed by atoms with Crippen molar-refractivity contribution in [2.45, 2.75) is 44.9 Å². The van der Waals surface area contributed by atoms with Gasteiger partial charge in [0.2, 0.25) is 0 Å². The molecule has 0 saturated heterocycles. The van der Waals surface area contributed by atoms with Gasteiger partial charge in [0.1, 0.15) is 5.75 Å². The standard InChI is InChI=1S/C21H35N3O2.HI/c1-22-20(24-17-21(14-16-25-2)12-4-5-13-21)23-15-6-7-18-8-10-19(26-3)11-9-18;/h8-11H,4-7,12-17H2,1-3H3,(H2,22,23,24);1H. The minimum atomic E-state index is 0. The third kappa shape index (κ3) is 8.25. The summed E-state index contributed by atoms with van der Waals surface area (Å²) in [6, 6.07) is 8.30. The maximum Gasteiger partial charge on any atom is 0.190 e. The second-order valence-corrected chi connectivity index (χ2v) is 7.25. The number of methoxy groups -OCH3 is 2. The van der Waals surface area contributed by atoms with E-state index in [2.05, 4.69) is 27.8 Å². The molecule has 0 amide bonds. The highest BCUT2D eigenvalue weighted by Gasteiger charge is 2.33. The minimum Gasteiger partial charge on any atom is -0.497 e. The Balaban J connectivity index is 0.00000364. The second kappa shape index (κ2) is 13.2. The molecule has 2 N–H and O–H groups in total. The molecular formula is C21H36IN3O2. The number of hydrogen-bond donors (Lipinski definition) is 2. The van der Waals surface area contributed by atoms with Crippen LogP contribution < -0.4 is 15.4 Å². The van der Waals surface area contributed by atoms with Crippen LogP contribution in [-0.2, 0) is 11.2 Å². The predicted molar refractivity (Wildman–Crippen MR) is 123 cm³/mol. The number of halogens is 1. The van der Waals surface area contributed by atoms with Gasteiger partial charge in [-0.2, -0.15) is 0 Å². The van der Waals surface area contributed by atoms with Crippen LogP contribution >= 0.6 is 24.0 Å². The highest BCUT2D eigenvalue weighted by atomic mass is 127. The summed E-state index contributed by atoms with van der Waals surface area (Å²) in [5, 5.41) is 6.98. The van der Waals surface area contributed by atoms with Crippen LogP contribution in [0.1, 0.15) is 44.1 Å². The lowest BCUT2D eigenvalue weighted by Crippen LogP contribution is -2.43. The molecule has 27 heavy (non-hydrogen) atoms. The van der Waals surface area contributed by atoms with Crippen LogP contribution in [0.25, 0.3) is 0 Å². The zero-order valence-electron chi connectivity index (χ0n) is 17.1. The van der Waals surface area contributed by atoms with Gasteiger partial charge in [-0.1, -0.05) is 25.0 Å². The summed E-state index contributed by atoms with van der Waals surface area (Å²) in [5.74, 6) is 1.81. The molecule has 1 fully saturated rings. The molecule has 1 aliphatic carbocycles. The molecule has 154 valence electrons. The molecule has 0 aliphatic heterocycles. The fourth-order valence-electron chi connectivity index (χ4n) is 3.74. The van der Waals surface area contributed by atoms with E-state index in [4.69, 9.17) is 9.47 Å². The smallest absolute Gasteiger partial charge is 0.190 e. The summed E-state index contributed by atoms with van der Waals surface area (Å²) >= 11 is 0. The van der Waals surface area contributed by atoms with E-state index < -0.39 is 0 Å². The number of rotatable bonds is 10. The molecule has 1 aromatic rings. The third-order valence-corrected chi connectivity index (χ3v) is 5.45. The van der Waals surface area contributed by atoms with Crippen molar-refractivity contribution in [2.24, 2.45) is 10.4 Å². The number of hydrogen-bond acceptors (Lipinski definition) is 3. The van der Waals surface area contributed by atoms with Crippen molar-refractivity contribution in [1.29, 1.82) is 0 Å². The molecule has 1 saturated carbocycles. The van der Waals surface area contributed by atoms with Crippen molar-refractivity contribution < 1.29 is 9.47 Å². The summed E-state index contributed by atoms with van der Waals surface area (Å²) in [6.07, 6.45) is 8.49. The molecule has 0 bridgehead atoms. The number of nitrogens with one attached hydrogen (secondary N) is 2.